The molecule has 0 bridgehead atoms. The van der Waals surface area contributed by atoms with Crippen LogP contribution in [0.15, 0.2) is 59.5 Å². The molecule has 2 aromatic carbocycles. The fourth-order valence-electron chi connectivity index (χ4n) is 2.32. The zero-order chi connectivity index (χ0) is 16.9. The number of nitrogens with one attached hydrogen (secondary N) is 1. The Morgan fingerprint density at radius 1 is 1.09 bits per heavy atom. The molecule has 1 unspecified atom stereocenters. The van der Waals surface area contributed by atoms with Gasteiger partial charge in [0.1, 0.15) is 0 Å². The van der Waals surface area contributed by atoms with Crippen LogP contribution in [0.1, 0.15) is 35.2 Å². The number of rotatable bonds is 7. The second-order valence-corrected chi connectivity index (χ2v) is 7.02. The summed E-state index contributed by atoms with van der Waals surface area (Å²) in [7, 11) is -3.62. The van der Waals surface area contributed by atoms with Crippen LogP contribution < -0.4 is 10.5 Å². The lowest BCUT2D eigenvalue weighted by Gasteiger charge is -2.16. The van der Waals surface area contributed by atoms with Crippen molar-refractivity contribution in [1.29, 1.82) is 0 Å². The fourth-order valence-corrected chi connectivity index (χ4v) is 3.40. The quantitative estimate of drug-likeness (QED) is 0.815. The van der Waals surface area contributed by atoms with Crippen LogP contribution in [-0.4, -0.2) is 20.9 Å². The fraction of sp³-hybridized carbons (Fsp3) is 0.235. The van der Waals surface area contributed by atoms with Crippen molar-refractivity contribution in [2.75, 3.05) is 6.54 Å². The predicted octanol–water partition coefficient (Wildman–Crippen LogP) is 2.26. The summed E-state index contributed by atoms with van der Waals surface area (Å²) in [5, 5.41) is 0. The van der Waals surface area contributed by atoms with E-state index in [-0.39, 0.29) is 16.4 Å². The Kier molecular flexibility index (Phi) is 5.52. The van der Waals surface area contributed by atoms with Gasteiger partial charge in [-0.25, -0.2) is 13.1 Å². The van der Waals surface area contributed by atoms with E-state index in [2.05, 4.69) is 4.72 Å². The van der Waals surface area contributed by atoms with Crippen LogP contribution in [0.5, 0.6) is 0 Å². The van der Waals surface area contributed by atoms with Crippen LogP contribution in [0.4, 0.5) is 0 Å². The average Bonchev–Trinajstić information content (AvgIpc) is 2.56. The van der Waals surface area contributed by atoms with Crippen molar-refractivity contribution in [1.82, 2.24) is 4.72 Å². The summed E-state index contributed by atoms with van der Waals surface area (Å²) in [4.78, 5) is 11.1. The van der Waals surface area contributed by atoms with Crippen LogP contribution in [-0.2, 0) is 10.0 Å². The van der Waals surface area contributed by atoms with E-state index in [0.29, 0.717) is 6.54 Å². The molecule has 6 heteroatoms. The Labute approximate surface area is 136 Å². The molecule has 0 radical (unpaired) electrons. The van der Waals surface area contributed by atoms with E-state index in [1.54, 1.807) is 0 Å². The molecule has 0 aromatic heterocycles. The minimum absolute atomic E-state index is 0.107. The van der Waals surface area contributed by atoms with Gasteiger partial charge >= 0.3 is 0 Å². The zero-order valence-corrected chi connectivity index (χ0v) is 13.7. The van der Waals surface area contributed by atoms with Crippen LogP contribution >= 0.6 is 0 Å². The molecule has 0 saturated heterocycles. The van der Waals surface area contributed by atoms with Crippen LogP contribution in [0.3, 0.4) is 0 Å². The van der Waals surface area contributed by atoms with Gasteiger partial charge in [0.2, 0.25) is 15.9 Å². The smallest absolute Gasteiger partial charge is 0.248 e. The molecule has 1 amide bonds. The third kappa shape index (κ3) is 4.40. The van der Waals surface area contributed by atoms with E-state index >= 15 is 0 Å². The first kappa shape index (κ1) is 17.2. The van der Waals surface area contributed by atoms with Gasteiger partial charge in [-0.15, -0.1) is 0 Å². The maximum absolute atomic E-state index is 12.3. The zero-order valence-electron chi connectivity index (χ0n) is 12.9. The van der Waals surface area contributed by atoms with Gasteiger partial charge < -0.3 is 5.73 Å². The number of primary amides is 1. The SMILES string of the molecule is CCC(CNS(=O)(=O)c1ccc(C(N)=O)cc1)c1ccccc1. The number of carbonyl (C=O) groups excluding carboxylic acids is 1. The second-order valence-electron chi connectivity index (χ2n) is 5.26. The molecule has 5 nitrogen and oxygen atoms in total. The third-order valence-corrected chi connectivity index (χ3v) is 5.17. The lowest BCUT2D eigenvalue weighted by molar-refractivity contribution is 0.1000. The van der Waals surface area contributed by atoms with Gasteiger partial charge in [-0.1, -0.05) is 37.3 Å². The van der Waals surface area contributed by atoms with Gasteiger partial charge in [0.25, 0.3) is 0 Å². The average molecular weight is 332 g/mol. The molecule has 3 N–H and O–H groups in total. The van der Waals surface area contributed by atoms with Crippen molar-refractivity contribution in [3.05, 3.63) is 65.7 Å². The van der Waals surface area contributed by atoms with Crippen LogP contribution in [0, 0.1) is 0 Å². The van der Waals surface area contributed by atoms with Crippen molar-refractivity contribution < 1.29 is 13.2 Å². The molecule has 2 aromatic rings. The molecular weight excluding hydrogens is 312 g/mol. The highest BCUT2D eigenvalue weighted by molar-refractivity contribution is 7.89. The van der Waals surface area contributed by atoms with Crippen LogP contribution in [0.2, 0.25) is 0 Å². The maximum atomic E-state index is 12.3. The minimum Gasteiger partial charge on any atom is -0.366 e. The highest BCUT2D eigenvalue weighted by Crippen LogP contribution is 2.19. The number of benzene rings is 2. The normalized spacial score (nSPS) is 12.7. The lowest BCUT2D eigenvalue weighted by Crippen LogP contribution is -2.28. The highest BCUT2D eigenvalue weighted by Gasteiger charge is 2.17. The van der Waals surface area contributed by atoms with Crippen molar-refractivity contribution in [2.24, 2.45) is 5.73 Å². The summed E-state index contributed by atoms with van der Waals surface area (Å²) < 4.78 is 27.3. The molecule has 0 spiro atoms. The molecule has 0 saturated carbocycles. The Morgan fingerprint density at radius 2 is 1.70 bits per heavy atom. The minimum atomic E-state index is -3.62. The van der Waals surface area contributed by atoms with Crippen molar-refractivity contribution in [3.8, 4) is 0 Å². The predicted molar refractivity (Wildman–Crippen MR) is 89.6 cm³/mol. The lowest BCUT2D eigenvalue weighted by atomic mass is 9.97. The molecule has 0 aliphatic rings. The summed E-state index contributed by atoms with van der Waals surface area (Å²) in [6.45, 7) is 2.34. The molecule has 0 aliphatic heterocycles. The molecule has 2 rings (SSSR count). The van der Waals surface area contributed by atoms with Gasteiger partial charge in [-0.05, 0) is 42.2 Å². The number of nitrogens with two attached hydrogens (primary N) is 1. The topological polar surface area (TPSA) is 89.3 Å². The summed E-state index contributed by atoms with van der Waals surface area (Å²) in [5.74, 6) is -0.479. The molecule has 122 valence electrons. The van der Waals surface area contributed by atoms with E-state index in [1.165, 1.54) is 24.3 Å². The Balaban J connectivity index is 2.10. The van der Waals surface area contributed by atoms with Gasteiger partial charge in [0.15, 0.2) is 0 Å². The number of hydrogen-bond donors (Lipinski definition) is 2. The molecular formula is C17H20N2O3S. The number of carbonyl (C=O) groups is 1. The Bertz CT molecular complexity index is 756. The molecule has 1 atom stereocenters. The van der Waals surface area contributed by atoms with Crippen molar-refractivity contribution in [3.63, 3.8) is 0 Å². The second kappa shape index (κ2) is 7.39. The van der Waals surface area contributed by atoms with Crippen LogP contribution in [0.25, 0.3) is 0 Å². The van der Waals surface area contributed by atoms with E-state index < -0.39 is 15.9 Å². The number of amides is 1. The van der Waals surface area contributed by atoms with Gasteiger partial charge in [-0.2, -0.15) is 0 Å². The molecule has 23 heavy (non-hydrogen) atoms. The summed E-state index contributed by atoms with van der Waals surface area (Å²) >= 11 is 0. The summed E-state index contributed by atoms with van der Waals surface area (Å²) in [6, 6.07) is 15.4. The third-order valence-electron chi connectivity index (χ3n) is 3.73. The van der Waals surface area contributed by atoms with E-state index in [1.807, 2.05) is 37.3 Å². The van der Waals surface area contributed by atoms with Gasteiger partial charge in [0.05, 0.1) is 4.90 Å². The Morgan fingerprint density at radius 3 is 2.22 bits per heavy atom. The van der Waals surface area contributed by atoms with Crippen molar-refractivity contribution >= 4 is 15.9 Å². The summed E-state index contributed by atoms with van der Waals surface area (Å²) in [5.41, 5.74) is 6.53. The molecule has 0 aliphatic carbocycles. The first-order valence-electron chi connectivity index (χ1n) is 7.38. The maximum Gasteiger partial charge on any atom is 0.248 e. The van der Waals surface area contributed by atoms with E-state index in [4.69, 9.17) is 5.73 Å². The highest BCUT2D eigenvalue weighted by atomic mass is 32.2. The molecule has 0 fully saturated rings. The van der Waals surface area contributed by atoms with E-state index in [9.17, 15) is 13.2 Å². The van der Waals surface area contributed by atoms with Crippen molar-refractivity contribution in [2.45, 2.75) is 24.2 Å². The first-order valence-corrected chi connectivity index (χ1v) is 8.87. The number of sulfonamides is 1. The van der Waals surface area contributed by atoms with Gasteiger partial charge in [-0.3, -0.25) is 4.79 Å². The number of hydrogen-bond acceptors (Lipinski definition) is 3. The standard InChI is InChI=1S/C17H20N2O3S/c1-2-13(14-6-4-3-5-7-14)12-19-23(21,22)16-10-8-15(9-11-16)17(18)20/h3-11,13,19H,2,12H2,1H3,(H2,18,20). The largest absolute Gasteiger partial charge is 0.366 e. The monoisotopic (exact) mass is 332 g/mol. The van der Waals surface area contributed by atoms with Gasteiger partial charge in [0, 0.05) is 12.1 Å². The Hall–Kier alpha value is -2.18. The van der Waals surface area contributed by atoms with E-state index in [0.717, 1.165) is 12.0 Å². The molecule has 0 heterocycles. The first-order chi connectivity index (χ1) is 10.9. The summed E-state index contributed by atoms with van der Waals surface area (Å²) in [6.07, 6.45) is 0.827.